The van der Waals surface area contributed by atoms with Gasteiger partial charge in [-0.2, -0.15) is 0 Å². The largest absolute Gasteiger partial charge is 0.384 e. The highest BCUT2D eigenvalue weighted by Crippen LogP contribution is 2.35. The van der Waals surface area contributed by atoms with E-state index in [-0.39, 0.29) is 5.82 Å². The van der Waals surface area contributed by atoms with Crippen molar-refractivity contribution in [2.45, 2.75) is 33.1 Å². The van der Waals surface area contributed by atoms with E-state index < -0.39 is 0 Å². The molecule has 0 atom stereocenters. The van der Waals surface area contributed by atoms with Gasteiger partial charge in [-0.1, -0.05) is 12.1 Å². The Kier molecular flexibility index (Phi) is 2.69. The van der Waals surface area contributed by atoms with Crippen LogP contribution in [0.4, 0.5) is 10.1 Å². The smallest absolute Gasteiger partial charge is 0.152 e. The van der Waals surface area contributed by atoms with E-state index in [4.69, 9.17) is 0 Å². The summed E-state index contributed by atoms with van der Waals surface area (Å²) in [5.74, 6) is -0.179. The van der Waals surface area contributed by atoms with Gasteiger partial charge in [-0.25, -0.2) is 9.37 Å². The molecule has 0 aliphatic heterocycles. The van der Waals surface area contributed by atoms with Crippen molar-refractivity contribution in [3.8, 4) is 0 Å². The molecule has 1 aliphatic carbocycles. The van der Waals surface area contributed by atoms with Crippen molar-refractivity contribution in [1.29, 1.82) is 0 Å². The first-order valence-electron chi connectivity index (χ1n) is 6.56. The van der Waals surface area contributed by atoms with Crippen LogP contribution in [0, 0.1) is 12.7 Å². The molecule has 18 heavy (non-hydrogen) atoms. The number of hydrogen-bond donors (Lipinski definition) is 1. The number of hydrogen-bond acceptors (Lipinski definition) is 2. The number of halogens is 1. The molecule has 0 radical (unpaired) electrons. The molecular weight excluding hydrogens is 227 g/mol. The fourth-order valence-electron chi connectivity index (χ4n) is 2.77. The molecule has 1 N–H and O–H groups in total. The summed E-state index contributed by atoms with van der Waals surface area (Å²) < 4.78 is 14.2. The van der Waals surface area contributed by atoms with E-state index in [1.807, 2.05) is 12.1 Å². The number of nitrogens with one attached hydrogen (secondary N) is 1. The third-order valence-corrected chi connectivity index (χ3v) is 3.67. The van der Waals surface area contributed by atoms with Crippen molar-refractivity contribution in [3.63, 3.8) is 0 Å². The van der Waals surface area contributed by atoms with E-state index in [0.29, 0.717) is 11.1 Å². The lowest BCUT2D eigenvalue weighted by atomic mass is 10.0. The van der Waals surface area contributed by atoms with Crippen LogP contribution < -0.4 is 5.32 Å². The number of rotatable bonds is 2. The normalized spacial score (nSPS) is 13.9. The van der Waals surface area contributed by atoms with Crippen LogP contribution in [0.3, 0.4) is 0 Å². The highest BCUT2D eigenvalue weighted by atomic mass is 19.1. The van der Waals surface area contributed by atoms with Crippen LogP contribution >= 0.6 is 0 Å². The number of aryl methyl sites for hydroxylation is 2. The van der Waals surface area contributed by atoms with E-state index >= 15 is 0 Å². The van der Waals surface area contributed by atoms with Crippen molar-refractivity contribution in [1.82, 2.24) is 4.98 Å². The Morgan fingerprint density at radius 1 is 1.33 bits per heavy atom. The molecule has 3 rings (SSSR count). The minimum absolute atomic E-state index is 0.179. The predicted molar refractivity (Wildman–Crippen MR) is 72.6 cm³/mol. The molecule has 0 saturated heterocycles. The number of anilines is 1. The summed E-state index contributed by atoms with van der Waals surface area (Å²) in [6, 6.07) is 3.82. The average molecular weight is 244 g/mol. The lowest BCUT2D eigenvalue weighted by Gasteiger charge is -2.14. The zero-order valence-corrected chi connectivity index (χ0v) is 10.8. The van der Waals surface area contributed by atoms with Crippen LogP contribution in [-0.4, -0.2) is 11.5 Å². The van der Waals surface area contributed by atoms with Crippen molar-refractivity contribution in [3.05, 3.63) is 34.8 Å². The Hall–Kier alpha value is -1.64. The number of benzene rings is 1. The molecule has 0 unspecified atom stereocenters. The van der Waals surface area contributed by atoms with Crippen LogP contribution in [0.5, 0.6) is 0 Å². The van der Waals surface area contributed by atoms with Gasteiger partial charge >= 0.3 is 0 Å². The summed E-state index contributed by atoms with van der Waals surface area (Å²) >= 11 is 0. The van der Waals surface area contributed by atoms with E-state index in [1.165, 1.54) is 5.56 Å². The van der Waals surface area contributed by atoms with Crippen molar-refractivity contribution < 1.29 is 4.39 Å². The van der Waals surface area contributed by atoms with Gasteiger partial charge in [-0.15, -0.1) is 0 Å². The van der Waals surface area contributed by atoms with Gasteiger partial charge in [-0.05, 0) is 44.2 Å². The zero-order valence-electron chi connectivity index (χ0n) is 10.8. The summed E-state index contributed by atoms with van der Waals surface area (Å²) in [5.41, 5.74) is 4.63. The van der Waals surface area contributed by atoms with Gasteiger partial charge in [-0.3, -0.25) is 0 Å². The molecule has 0 fully saturated rings. The molecule has 0 bridgehead atoms. The third kappa shape index (κ3) is 1.57. The van der Waals surface area contributed by atoms with Gasteiger partial charge in [0.25, 0.3) is 0 Å². The third-order valence-electron chi connectivity index (χ3n) is 3.67. The maximum Gasteiger partial charge on any atom is 0.152 e. The molecule has 1 aromatic heterocycles. The Balaban J connectivity index is 2.37. The molecule has 0 spiro atoms. The predicted octanol–water partition coefficient (Wildman–Crippen LogP) is 3.60. The molecule has 0 amide bonds. The van der Waals surface area contributed by atoms with Gasteiger partial charge < -0.3 is 5.32 Å². The number of aromatic nitrogens is 1. The van der Waals surface area contributed by atoms with Gasteiger partial charge in [0.2, 0.25) is 0 Å². The topological polar surface area (TPSA) is 24.9 Å². The van der Waals surface area contributed by atoms with Crippen molar-refractivity contribution in [2.24, 2.45) is 0 Å². The van der Waals surface area contributed by atoms with Crippen molar-refractivity contribution in [2.75, 3.05) is 11.9 Å². The lowest BCUT2D eigenvalue weighted by molar-refractivity contribution is 0.627. The Bertz CT molecular complexity index is 620. The zero-order chi connectivity index (χ0) is 12.7. The summed E-state index contributed by atoms with van der Waals surface area (Å²) in [6.45, 7) is 4.70. The average Bonchev–Trinajstić information content (AvgIpc) is 2.82. The summed E-state index contributed by atoms with van der Waals surface area (Å²) in [4.78, 5) is 4.54. The Labute approximate surface area is 106 Å². The number of pyridine rings is 1. The molecular formula is C15H17FN2. The van der Waals surface area contributed by atoms with Gasteiger partial charge in [0.15, 0.2) is 5.82 Å². The monoisotopic (exact) mass is 244 g/mol. The molecule has 1 aliphatic rings. The van der Waals surface area contributed by atoms with E-state index in [0.717, 1.165) is 42.6 Å². The molecule has 0 saturated carbocycles. The quantitative estimate of drug-likeness (QED) is 0.873. The lowest BCUT2D eigenvalue weighted by Crippen LogP contribution is -2.04. The summed E-state index contributed by atoms with van der Waals surface area (Å²) in [5, 5.41) is 4.31. The van der Waals surface area contributed by atoms with Gasteiger partial charge in [0, 0.05) is 23.3 Å². The second kappa shape index (κ2) is 4.23. The number of nitrogens with zero attached hydrogens (tertiary/aromatic N) is 1. The maximum atomic E-state index is 14.2. The highest BCUT2D eigenvalue weighted by molar-refractivity contribution is 5.94. The molecule has 2 nitrogen and oxygen atoms in total. The van der Waals surface area contributed by atoms with Crippen LogP contribution in [0.1, 0.15) is 30.2 Å². The van der Waals surface area contributed by atoms with Gasteiger partial charge in [0.1, 0.15) is 5.52 Å². The minimum atomic E-state index is -0.179. The first-order chi connectivity index (χ1) is 8.72. The van der Waals surface area contributed by atoms with Gasteiger partial charge in [0.05, 0.1) is 0 Å². The van der Waals surface area contributed by atoms with E-state index in [1.54, 1.807) is 6.92 Å². The Morgan fingerprint density at radius 2 is 2.17 bits per heavy atom. The van der Waals surface area contributed by atoms with Crippen LogP contribution in [0.2, 0.25) is 0 Å². The van der Waals surface area contributed by atoms with E-state index in [9.17, 15) is 4.39 Å². The number of fused-ring (bicyclic) bond motifs is 2. The van der Waals surface area contributed by atoms with Crippen LogP contribution in [0.15, 0.2) is 12.1 Å². The Morgan fingerprint density at radius 3 is 2.94 bits per heavy atom. The summed E-state index contributed by atoms with van der Waals surface area (Å²) in [7, 11) is 0. The maximum absolute atomic E-state index is 14.2. The molecule has 3 heteroatoms. The first-order valence-corrected chi connectivity index (χ1v) is 6.56. The van der Waals surface area contributed by atoms with Crippen molar-refractivity contribution >= 4 is 16.6 Å². The molecule has 94 valence electrons. The second-order valence-corrected chi connectivity index (χ2v) is 4.89. The van der Waals surface area contributed by atoms with Crippen LogP contribution in [0.25, 0.3) is 10.9 Å². The fraction of sp³-hybridized carbons (Fsp3) is 0.400. The first kappa shape index (κ1) is 11.5. The standard InChI is InChI=1S/C15H17FN2/c1-3-17-14-10-5-4-6-12(10)18-15-11(14)8-7-9(2)13(15)16/h7-8H,3-6H2,1-2H3,(H,17,18). The minimum Gasteiger partial charge on any atom is -0.384 e. The SMILES string of the molecule is CCNc1c2c(nc3c(F)c(C)ccc13)CCC2. The highest BCUT2D eigenvalue weighted by Gasteiger charge is 2.21. The second-order valence-electron chi connectivity index (χ2n) is 4.89. The molecule has 1 aromatic carbocycles. The molecule has 2 aromatic rings. The van der Waals surface area contributed by atoms with E-state index in [2.05, 4.69) is 17.2 Å². The van der Waals surface area contributed by atoms with Crippen LogP contribution in [-0.2, 0) is 12.8 Å². The fourth-order valence-corrected chi connectivity index (χ4v) is 2.77. The summed E-state index contributed by atoms with van der Waals surface area (Å²) in [6.07, 6.45) is 3.14. The molecule has 1 heterocycles.